The fourth-order valence-corrected chi connectivity index (χ4v) is 6.53. The third kappa shape index (κ3) is 1.77. The molecular weight excluding hydrogens is 352 g/mol. The Morgan fingerprint density at radius 3 is 2.26 bits per heavy atom. The molecule has 0 bridgehead atoms. The fourth-order valence-electron chi connectivity index (χ4n) is 6.53. The Kier molecular flexibility index (Phi) is 3.49. The average molecular weight is 380 g/mol. The Morgan fingerprint density at radius 2 is 1.70 bits per heavy atom. The summed E-state index contributed by atoms with van der Waals surface area (Å²) in [5.41, 5.74) is -5.95. The number of carbonyl (C=O) groups is 1. The van der Waals surface area contributed by atoms with Gasteiger partial charge in [-0.25, -0.2) is 0 Å². The third-order valence-electron chi connectivity index (χ3n) is 8.17. The lowest BCUT2D eigenvalue weighted by atomic mass is 9.58. The van der Waals surface area contributed by atoms with Crippen LogP contribution in [0, 0.1) is 29.1 Å². The number of fused-ring (bicyclic) bond motifs is 5. The Labute approximate surface area is 157 Å². The van der Waals surface area contributed by atoms with Gasteiger partial charge in [0, 0.05) is 35.5 Å². The van der Waals surface area contributed by atoms with E-state index in [4.69, 9.17) is 0 Å². The minimum absolute atomic E-state index is 0.151. The number of aliphatic hydroxyl groups is 6. The smallest absolute Gasteiger partial charge is 0.198 e. The van der Waals surface area contributed by atoms with E-state index in [1.807, 2.05) is 0 Å². The summed E-state index contributed by atoms with van der Waals surface area (Å²) < 4.78 is 0. The fraction of sp³-hybridized carbons (Fsp3) is 0.750. The van der Waals surface area contributed by atoms with Gasteiger partial charge in [0.2, 0.25) is 0 Å². The van der Waals surface area contributed by atoms with Crippen LogP contribution in [0.1, 0.15) is 34.1 Å². The molecule has 0 spiro atoms. The highest BCUT2D eigenvalue weighted by Crippen LogP contribution is 2.77. The molecule has 0 unspecified atom stereocenters. The number of carbonyl (C=O) groups excluding carboxylic acids is 1. The van der Waals surface area contributed by atoms with Gasteiger partial charge in [0.25, 0.3) is 0 Å². The van der Waals surface area contributed by atoms with Gasteiger partial charge >= 0.3 is 0 Å². The zero-order valence-electron chi connectivity index (χ0n) is 16.0. The Morgan fingerprint density at radius 1 is 1.11 bits per heavy atom. The number of rotatable bonds is 1. The lowest BCUT2D eigenvalue weighted by molar-refractivity contribution is -0.336. The van der Waals surface area contributed by atoms with Crippen molar-refractivity contribution < 1.29 is 35.4 Å². The van der Waals surface area contributed by atoms with E-state index in [-0.39, 0.29) is 6.42 Å². The summed E-state index contributed by atoms with van der Waals surface area (Å²) in [7, 11) is 0. The molecule has 0 heterocycles. The SMILES string of the molecule is CC1=C[C@H]2[C@@]3(O)[C@H](C)C(O)(O)[C@]4(O)[C@@H]([C@@H]3C=C(CO)C[C@]2(O)C1=O)C4(C)C. The van der Waals surface area contributed by atoms with Crippen LogP contribution in [-0.2, 0) is 4.79 Å². The summed E-state index contributed by atoms with van der Waals surface area (Å²) in [4.78, 5) is 12.7. The molecular formula is C20H28O7. The van der Waals surface area contributed by atoms with Gasteiger partial charge in [-0.05, 0) is 18.1 Å². The second-order valence-electron chi connectivity index (χ2n) is 9.57. The minimum Gasteiger partial charge on any atom is -0.392 e. The number of hydrogen-bond acceptors (Lipinski definition) is 7. The van der Waals surface area contributed by atoms with Gasteiger partial charge in [-0.2, -0.15) is 0 Å². The molecule has 0 aliphatic heterocycles. The lowest BCUT2D eigenvalue weighted by Crippen LogP contribution is -2.70. The van der Waals surface area contributed by atoms with E-state index < -0.39 is 64.1 Å². The first-order valence-electron chi connectivity index (χ1n) is 9.37. The highest BCUT2D eigenvalue weighted by molar-refractivity contribution is 6.04. The van der Waals surface area contributed by atoms with Crippen LogP contribution < -0.4 is 0 Å². The topological polar surface area (TPSA) is 138 Å². The molecule has 0 aromatic carbocycles. The number of ketones is 1. The van der Waals surface area contributed by atoms with Crippen LogP contribution in [0.5, 0.6) is 0 Å². The molecule has 2 fully saturated rings. The van der Waals surface area contributed by atoms with Crippen LogP contribution >= 0.6 is 0 Å². The molecule has 0 radical (unpaired) electrons. The van der Waals surface area contributed by atoms with Crippen molar-refractivity contribution >= 4 is 5.78 Å². The molecule has 2 saturated carbocycles. The van der Waals surface area contributed by atoms with Crippen molar-refractivity contribution in [1.82, 2.24) is 0 Å². The van der Waals surface area contributed by atoms with Gasteiger partial charge in [0.05, 0.1) is 12.2 Å². The second kappa shape index (κ2) is 4.90. The van der Waals surface area contributed by atoms with Gasteiger partial charge in [-0.3, -0.25) is 4.79 Å². The van der Waals surface area contributed by atoms with Gasteiger partial charge < -0.3 is 30.6 Å². The van der Waals surface area contributed by atoms with Gasteiger partial charge in [0.1, 0.15) is 11.2 Å². The molecule has 0 aromatic rings. The second-order valence-corrected chi connectivity index (χ2v) is 9.57. The van der Waals surface area contributed by atoms with E-state index in [0.717, 1.165) is 0 Å². The van der Waals surface area contributed by atoms with Crippen molar-refractivity contribution in [2.24, 2.45) is 29.1 Å². The summed E-state index contributed by atoms with van der Waals surface area (Å²) in [6.07, 6.45) is 2.96. The maximum atomic E-state index is 12.7. The van der Waals surface area contributed by atoms with Crippen molar-refractivity contribution in [2.45, 2.75) is 56.7 Å². The van der Waals surface area contributed by atoms with Crippen LogP contribution in [0.3, 0.4) is 0 Å². The highest BCUT2D eigenvalue weighted by atomic mass is 16.5. The standard InChI is InChI=1S/C20H28O7/c1-9-5-13-17(23,15(9)22)7-11(8-21)6-12-14-16(3,4)19(14,25)20(26,27)10(2)18(12,13)24/h5-6,10,12-14,21,23-27H,7-8H2,1-4H3/t10-,12-,13+,14-,17+,18+,19-/m0/s1. The summed E-state index contributed by atoms with van der Waals surface area (Å²) in [6, 6.07) is 0. The summed E-state index contributed by atoms with van der Waals surface area (Å²) >= 11 is 0. The first-order valence-corrected chi connectivity index (χ1v) is 9.37. The highest BCUT2D eigenvalue weighted by Gasteiger charge is 2.89. The summed E-state index contributed by atoms with van der Waals surface area (Å²) in [6.45, 7) is 5.95. The molecule has 0 aromatic heterocycles. The van der Waals surface area contributed by atoms with E-state index in [9.17, 15) is 35.4 Å². The van der Waals surface area contributed by atoms with Crippen LogP contribution in [0.2, 0.25) is 0 Å². The Hall–Kier alpha value is -1.09. The van der Waals surface area contributed by atoms with E-state index in [2.05, 4.69) is 0 Å². The number of hydrogen-bond donors (Lipinski definition) is 6. The zero-order valence-corrected chi connectivity index (χ0v) is 16.0. The average Bonchev–Trinajstić information content (AvgIpc) is 2.99. The Balaban J connectivity index is 1.99. The zero-order chi connectivity index (χ0) is 20.4. The molecule has 0 saturated heterocycles. The maximum absolute atomic E-state index is 12.7. The molecule has 6 N–H and O–H groups in total. The van der Waals surface area contributed by atoms with Crippen LogP contribution in [0.25, 0.3) is 0 Å². The van der Waals surface area contributed by atoms with E-state index in [0.29, 0.717) is 11.1 Å². The largest absolute Gasteiger partial charge is 0.392 e. The number of aliphatic hydroxyl groups excluding tert-OH is 1. The van der Waals surface area contributed by atoms with Crippen molar-refractivity contribution in [2.75, 3.05) is 6.61 Å². The summed E-state index contributed by atoms with van der Waals surface area (Å²) in [5.74, 6) is -6.98. The van der Waals surface area contributed by atoms with Gasteiger partial charge in [0.15, 0.2) is 11.6 Å². The predicted octanol–water partition coefficient (Wildman–Crippen LogP) is -0.750. The molecule has 7 atom stereocenters. The van der Waals surface area contributed by atoms with Crippen molar-refractivity contribution in [3.63, 3.8) is 0 Å². The quantitative estimate of drug-likeness (QED) is 0.260. The normalized spacial score (nSPS) is 52.1. The first-order chi connectivity index (χ1) is 12.2. The predicted molar refractivity (Wildman–Crippen MR) is 94.0 cm³/mol. The van der Waals surface area contributed by atoms with Crippen LogP contribution in [-0.4, -0.2) is 65.6 Å². The molecule has 7 heteroatoms. The molecule has 4 aliphatic carbocycles. The molecule has 150 valence electrons. The lowest BCUT2D eigenvalue weighted by Gasteiger charge is -2.54. The third-order valence-corrected chi connectivity index (χ3v) is 8.17. The maximum Gasteiger partial charge on any atom is 0.198 e. The Bertz CT molecular complexity index is 796. The number of Topliss-reactive ketones (excluding diaryl/α,β-unsaturated/α-hetero) is 1. The van der Waals surface area contributed by atoms with Gasteiger partial charge in [-0.15, -0.1) is 0 Å². The van der Waals surface area contributed by atoms with Crippen molar-refractivity contribution in [3.05, 3.63) is 23.3 Å². The molecule has 27 heavy (non-hydrogen) atoms. The molecule has 4 rings (SSSR count). The minimum atomic E-state index is -2.61. The van der Waals surface area contributed by atoms with Crippen molar-refractivity contribution in [3.8, 4) is 0 Å². The molecule has 7 nitrogen and oxygen atoms in total. The van der Waals surface area contributed by atoms with Crippen LogP contribution in [0.4, 0.5) is 0 Å². The van der Waals surface area contributed by atoms with Gasteiger partial charge in [-0.1, -0.05) is 32.9 Å². The summed E-state index contributed by atoms with van der Waals surface area (Å²) in [5, 5.41) is 65.9. The first kappa shape index (κ1) is 19.2. The van der Waals surface area contributed by atoms with Crippen molar-refractivity contribution in [1.29, 1.82) is 0 Å². The van der Waals surface area contributed by atoms with E-state index in [1.165, 1.54) is 13.0 Å². The molecule has 4 aliphatic rings. The van der Waals surface area contributed by atoms with E-state index >= 15 is 0 Å². The van der Waals surface area contributed by atoms with E-state index in [1.54, 1.807) is 26.8 Å². The van der Waals surface area contributed by atoms with Crippen LogP contribution in [0.15, 0.2) is 23.3 Å². The molecule has 0 amide bonds. The monoisotopic (exact) mass is 380 g/mol.